The van der Waals surface area contributed by atoms with E-state index in [1.165, 1.54) is 0 Å². The molecule has 146 valence electrons. The number of fused-ring (bicyclic) bond motifs is 1. The molecule has 0 amide bonds. The Bertz CT molecular complexity index is 1250. The quantitative estimate of drug-likeness (QED) is 0.537. The first-order chi connectivity index (χ1) is 14.0. The van der Waals surface area contributed by atoms with Crippen molar-refractivity contribution in [1.29, 1.82) is 5.26 Å². The summed E-state index contributed by atoms with van der Waals surface area (Å²) in [5.74, 6) is 0.122. The Morgan fingerprint density at radius 1 is 1.24 bits per heavy atom. The van der Waals surface area contributed by atoms with Crippen LogP contribution >= 0.6 is 0 Å². The summed E-state index contributed by atoms with van der Waals surface area (Å²) >= 11 is 0. The van der Waals surface area contributed by atoms with Gasteiger partial charge in [0.1, 0.15) is 5.69 Å². The third kappa shape index (κ3) is 2.65. The maximum Gasteiger partial charge on any atom is 0.100 e. The van der Waals surface area contributed by atoms with Crippen molar-refractivity contribution in [3.63, 3.8) is 0 Å². The molecule has 8 heteroatoms. The molecule has 1 saturated carbocycles. The molecule has 29 heavy (non-hydrogen) atoms. The molecule has 0 radical (unpaired) electrons. The predicted molar refractivity (Wildman–Crippen MR) is 108 cm³/mol. The highest BCUT2D eigenvalue weighted by Crippen LogP contribution is 2.46. The van der Waals surface area contributed by atoms with E-state index in [4.69, 9.17) is 10.1 Å². The van der Waals surface area contributed by atoms with E-state index in [9.17, 15) is 5.26 Å². The van der Waals surface area contributed by atoms with E-state index in [-0.39, 0.29) is 11.5 Å². The molecular formula is C21H22N8. The molecule has 1 aliphatic carbocycles. The number of nitriles is 1. The van der Waals surface area contributed by atoms with Crippen molar-refractivity contribution >= 4 is 5.52 Å². The smallest absolute Gasteiger partial charge is 0.100 e. The number of hydrogen-bond acceptors (Lipinski definition) is 5. The highest BCUT2D eigenvalue weighted by atomic mass is 15.3. The summed E-state index contributed by atoms with van der Waals surface area (Å²) in [6, 6.07) is 4.36. The van der Waals surface area contributed by atoms with Crippen molar-refractivity contribution in [3.05, 3.63) is 42.7 Å². The minimum absolute atomic E-state index is 0.0686. The number of aryl methyl sites for hydroxylation is 2. The van der Waals surface area contributed by atoms with Gasteiger partial charge in [-0.05, 0) is 32.3 Å². The van der Waals surface area contributed by atoms with Crippen molar-refractivity contribution in [2.75, 3.05) is 0 Å². The van der Waals surface area contributed by atoms with E-state index in [0.717, 1.165) is 53.0 Å². The molecule has 8 nitrogen and oxygen atoms in total. The predicted octanol–water partition coefficient (Wildman–Crippen LogP) is 3.34. The largest absolute Gasteiger partial charge is 0.275 e. The van der Waals surface area contributed by atoms with Crippen LogP contribution in [0.5, 0.6) is 0 Å². The van der Waals surface area contributed by atoms with Crippen LogP contribution in [0.3, 0.4) is 0 Å². The van der Waals surface area contributed by atoms with Gasteiger partial charge in [0.15, 0.2) is 0 Å². The van der Waals surface area contributed by atoms with E-state index in [1.54, 1.807) is 17.1 Å². The van der Waals surface area contributed by atoms with Crippen LogP contribution in [0, 0.1) is 24.2 Å². The molecule has 0 N–H and O–H groups in total. The summed E-state index contributed by atoms with van der Waals surface area (Å²) in [6.45, 7) is 4.18. The molecule has 1 aliphatic rings. The van der Waals surface area contributed by atoms with Crippen molar-refractivity contribution in [2.24, 2.45) is 13.0 Å². The summed E-state index contributed by atoms with van der Waals surface area (Å²) in [6.07, 6.45) is 12.2. The molecular weight excluding hydrogens is 364 g/mol. The maximum absolute atomic E-state index is 9.23. The average Bonchev–Trinajstić information content (AvgIpc) is 3.40. The molecule has 0 aromatic carbocycles. The maximum atomic E-state index is 9.23. The third-order valence-corrected chi connectivity index (χ3v) is 6.12. The lowest BCUT2D eigenvalue weighted by Crippen LogP contribution is -2.45. The average molecular weight is 386 g/mol. The molecule has 0 aliphatic heterocycles. The minimum Gasteiger partial charge on any atom is -0.275 e. The lowest BCUT2D eigenvalue weighted by Gasteiger charge is -2.44. The van der Waals surface area contributed by atoms with Crippen LogP contribution in [0.4, 0.5) is 0 Å². The Kier molecular flexibility index (Phi) is 3.81. The molecule has 4 aromatic rings. The minimum atomic E-state index is -0.0686. The zero-order valence-electron chi connectivity index (χ0n) is 16.7. The molecule has 0 bridgehead atoms. The molecule has 0 atom stereocenters. The zero-order chi connectivity index (χ0) is 20.2. The van der Waals surface area contributed by atoms with Crippen LogP contribution in [0.1, 0.15) is 31.9 Å². The summed E-state index contributed by atoms with van der Waals surface area (Å²) in [7, 11) is 1.89. The number of aromatic nitrogens is 7. The van der Waals surface area contributed by atoms with Crippen molar-refractivity contribution in [2.45, 2.75) is 38.6 Å². The lowest BCUT2D eigenvalue weighted by atomic mass is 9.67. The Balaban J connectivity index is 1.64. The Labute approximate surface area is 168 Å². The van der Waals surface area contributed by atoms with Crippen LogP contribution in [-0.4, -0.2) is 34.2 Å². The van der Waals surface area contributed by atoms with Crippen LogP contribution in [0.2, 0.25) is 0 Å². The first kappa shape index (κ1) is 17.6. The van der Waals surface area contributed by atoms with Crippen LogP contribution in [0.25, 0.3) is 28.0 Å². The SMILES string of the molecule is CC[C@]1(n2cc(-c3nc(-c4cnn(C)c4)cn4nccc34)c(C)n2)C[C@H](C#N)C1. The first-order valence-electron chi connectivity index (χ1n) is 9.83. The summed E-state index contributed by atoms with van der Waals surface area (Å²) in [5.41, 5.74) is 5.41. The third-order valence-electron chi connectivity index (χ3n) is 6.12. The fourth-order valence-electron chi connectivity index (χ4n) is 4.34. The van der Waals surface area contributed by atoms with E-state index in [2.05, 4.69) is 34.1 Å². The Morgan fingerprint density at radius 3 is 2.76 bits per heavy atom. The number of hydrogen-bond donors (Lipinski definition) is 0. The molecule has 0 spiro atoms. The monoisotopic (exact) mass is 386 g/mol. The first-order valence-corrected chi connectivity index (χ1v) is 9.83. The normalized spacial score (nSPS) is 21.2. The summed E-state index contributed by atoms with van der Waals surface area (Å²) < 4.78 is 5.68. The standard InChI is InChI=1S/C21H22N8/c1-4-21(7-15(8-21)9-22)29-12-17(14(2)26-29)20-19-5-6-23-28(19)13-18(25-20)16-10-24-27(3)11-16/h5-6,10-13,15H,4,7-8H2,1-3H3/t15-,21-. The van der Waals surface area contributed by atoms with Crippen molar-refractivity contribution < 1.29 is 0 Å². The van der Waals surface area contributed by atoms with E-state index >= 15 is 0 Å². The summed E-state index contributed by atoms with van der Waals surface area (Å²) in [4.78, 5) is 4.96. The van der Waals surface area contributed by atoms with E-state index in [0.29, 0.717) is 0 Å². The Morgan fingerprint density at radius 2 is 2.07 bits per heavy atom. The van der Waals surface area contributed by atoms with Gasteiger partial charge in [-0.1, -0.05) is 6.92 Å². The van der Waals surface area contributed by atoms with Gasteiger partial charge < -0.3 is 0 Å². The second-order valence-electron chi connectivity index (χ2n) is 7.92. The molecule has 0 saturated heterocycles. The fraction of sp³-hybridized carbons (Fsp3) is 0.381. The zero-order valence-corrected chi connectivity index (χ0v) is 16.7. The van der Waals surface area contributed by atoms with Crippen molar-refractivity contribution in [1.82, 2.24) is 34.2 Å². The van der Waals surface area contributed by atoms with E-state index < -0.39 is 0 Å². The topological polar surface area (TPSA) is 89.6 Å². The van der Waals surface area contributed by atoms with Gasteiger partial charge in [-0.15, -0.1) is 0 Å². The lowest BCUT2D eigenvalue weighted by molar-refractivity contribution is 0.0779. The Hall–Kier alpha value is -3.47. The second-order valence-corrected chi connectivity index (χ2v) is 7.92. The number of nitrogens with zero attached hydrogens (tertiary/aromatic N) is 8. The van der Waals surface area contributed by atoms with Crippen LogP contribution in [-0.2, 0) is 12.6 Å². The molecule has 1 fully saturated rings. The van der Waals surface area contributed by atoms with Crippen LogP contribution in [0.15, 0.2) is 37.1 Å². The van der Waals surface area contributed by atoms with Gasteiger partial charge in [0.05, 0.1) is 53.0 Å². The van der Waals surface area contributed by atoms with Gasteiger partial charge in [0.2, 0.25) is 0 Å². The highest BCUT2D eigenvalue weighted by Gasteiger charge is 2.45. The molecule has 4 aromatic heterocycles. The van der Waals surface area contributed by atoms with Gasteiger partial charge in [-0.3, -0.25) is 9.36 Å². The molecule has 0 unspecified atom stereocenters. The molecule has 4 heterocycles. The van der Waals surface area contributed by atoms with Gasteiger partial charge in [-0.25, -0.2) is 9.50 Å². The summed E-state index contributed by atoms with van der Waals surface area (Å²) in [5, 5.41) is 22.8. The van der Waals surface area contributed by atoms with Gasteiger partial charge >= 0.3 is 0 Å². The van der Waals surface area contributed by atoms with Crippen LogP contribution < -0.4 is 0 Å². The number of rotatable bonds is 4. The van der Waals surface area contributed by atoms with Gasteiger partial charge in [0, 0.05) is 30.6 Å². The van der Waals surface area contributed by atoms with Gasteiger partial charge in [0.25, 0.3) is 0 Å². The second kappa shape index (κ2) is 6.27. The molecule has 5 rings (SSSR count). The van der Waals surface area contributed by atoms with E-state index in [1.807, 2.05) is 36.9 Å². The van der Waals surface area contributed by atoms with Crippen molar-refractivity contribution in [3.8, 4) is 28.6 Å². The fourth-order valence-corrected chi connectivity index (χ4v) is 4.34. The van der Waals surface area contributed by atoms with Gasteiger partial charge in [-0.2, -0.15) is 20.6 Å². The highest BCUT2D eigenvalue weighted by molar-refractivity contribution is 5.79.